The Hall–Kier alpha value is -0.800. The zero-order valence-electron chi connectivity index (χ0n) is 11.2. The van der Waals surface area contributed by atoms with E-state index >= 15 is 0 Å². The molecule has 0 aliphatic heterocycles. The van der Waals surface area contributed by atoms with E-state index in [0.29, 0.717) is 0 Å². The second-order valence-corrected chi connectivity index (χ2v) is 5.97. The number of anilines is 2. The molecule has 0 amide bonds. The van der Waals surface area contributed by atoms with Crippen LogP contribution in [0, 0.1) is 6.92 Å². The van der Waals surface area contributed by atoms with E-state index in [1.807, 2.05) is 0 Å². The van der Waals surface area contributed by atoms with E-state index in [2.05, 4.69) is 93.1 Å². The molecule has 0 atom stereocenters. The Morgan fingerprint density at radius 2 is 1.89 bits per heavy atom. The Morgan fingerprint density at radius 1 is 1.11 bits per heavy atom. The maximum Gasteiger partial charge on any atom is 0.0463 e. The second kappa shape index (κ2) is 6.58. The first kappa shape index (κ1) is 14.6. The van der Waals surface area contributed by atoms with Gasteiger partial charge in [-0.25, -0.2) is 0 Å². The Bertz CT molecular complexity index is 566. The summed E-state index contributed by atoms with van der Waals surface area (Å²) >= 11 is 7.14. The van der Waals surface area contributed by atoms with Gasteiger partial charge >= 0.3 is 0 Å². The molecule has 0 saturated heterocycles. The zero-order chi connectivity index (χ0) is 13.8. The van der Waals surface area contributed by atoms with Gasteiger partial charge in [0.2, 0.25) is 0 Å². The van der Waals surface area contributed by atoms with E-state index in [0.717, 1.165) is 16.3 Å². The van der Waals surface area contributed by atoms with Gasteiger partial charge in [-0.1, -0.05) is 50.1 Å². The maximum absolute atomic E-state index is 3.58. The van der Waals surface area contributed by atoms with Crippen LogP contribution in [0.2, 0.25) is 0 Å². The van der Waals surface area contributed by atoms with Crippen LogP contribution in [0.3, 0.4) is 0 Å². The highest BCUT2D eigenvalue weighted by molar-refractivity contribution is 9.10. The SMILES string of the molecule is CCN(c1cccc(C)c1)c1cc(Br)ccc1CBr. The standard InChI is InChI=1S/C16H17Br2N/c1-3-19(15-6-4-5-12(2)9-15)16-10-14(18)8-7-13(16)11-17/h4-10H,3,11H2,1-2H3. The predicted molar refractivity (Wildman–Crippen MR) is 90.6 cm³/mol. The van der Waals surface area contributed by atoms with Crippen molar-refractivity contribution in [2.24, 2.45) is 0 Å². The summed E-state index contributed by atoms with van der Waals surface area (Å²) in [6.45, 7) is 5.25. The van der Waals surface area contributed by atoms with E-state index < -0.39 is 0 Å². The molecule has 19 heavy (non-hydrogen) atoms. The van der Waals surface area contributed by atoms with Gasteiger partial charge in [-0.2, -0.15) is 0 Å². The van der Waals surface area contributed by atoms with Gasteiger partial charge in [0, 0.05) is 27.7 Å². The van der Waals surface area contributed by atoms with E-state index in [9.17, 15) is 0 Å². The lowest BCUT2D eigenvalue weighted by molar-refractivity contribution is 1.01. The maximum atomic E-state index is 3.58. The molecule has 0 heterocycles. The van der Waals surface area contributed by atoms with Crippen LogP contribution in [-0.2, 0) is 5.33 Å². The first-order valence-electron chi connectivity index (χ1n) is 6.34. The molecule has 2 aromatic rings. The number of rotatable bonds is 4. The van der Waals surface area contributed by atoms with Crippen molar-refractivity contribution in [2.75, 3.05) is 11.4 Å². The molecular weight excluding hydrogens is 366 g/mol. The van der Waals surface area contributed by atoms with E-state index in [-0.39, 0.29) is 0 Å². The van der Waals surface area contributed by atoms with Crippen LogP contribution in [-0.4, -0.2) is 6.54 Å². The minimum Gasteiger partial charge on any atom is -0.341 e. The predicted octanol–water partition coefficient (Wildman–Crippen LogP) is 5.81. The van der Waals surface area contributed by atoms with Crippen molar-refractivity contribution >= 4 is 43.2 Å². The molecule has 0 aliphatic rings. The van der Waals surface area contributed by atoms with Gasteiger partial charge in [-0.15, -0.1) is 0 Å². The summed E-state index contributed by atoms with van der Waals surface area (Å²) in [5.74, 6) is 0. The fourth-order valence-electron chi connectivity index (χ4n) is 2.19. The van der Waals surface area contributed by atoms with Crippen molar-refractivity contribution in [3.05, 3.63) is 58.1 Å². The number of halogens is 2. The van der Waals surface area contributed by atoms with Crippen molar-refractivity contribution in [3.63, 3.8) is 0 Å². The number of hydrogen-bond acceptors (Lipinski definition) is 1. The number of alkyl halides is 1. The Balaban J connectivity index is 2.50. The third-order valence-electron chi connectivity index (χ3n) is 3.11. The summed E-state index contributed by atoms with van der Waals surface area (Å²) in [6, 6.07) is 15.1. The second-order valence-electron chi connectivity index (χ2n) is 4.49. The van der Waals surface area contributed by atoms with Gasteiger partial charge in [0.1, 0.15) is 0 Å². The molecule has 2 rings (SSSR count). The third-order valence-corrected chi connectivity index (χ3v) is 4.21. The van der Waals surface area contributed by atoms with Crippen LogP contribution in [0.5, 0.6) is 0 Å². The Kier molecular flexibility index (Phi) is 5.06. The van der Waals surface area contributed by atoms with Crippen molar-refractivity contribution in [3.8, 4) is 0 Å². The molecule has 3 heteroatoms. The smallest absolute Gasteiger partial charge is 0.0463 e. The number of benzene rings is 2. The molecular formula is C16H17Br2N. The molecule has 1 nitrogen and oxygen atoms in total. The highest BCUT2D eigenvalue weighted by atomic mass is 79.9. The van der Waals surface area contributed by atoms with Crippen LogP contribution in [0.4, 0.5) is 11.4 Å². The minimum absolute atomic E-state index is 0.859. The molecule has 0 radical (unpaired) electrons. The average molecular weight is 383 g/mol. The van der Waals surface area contributed by atoms with E-state index in [1.54, 1.807) is 0 Å². The molecule has 0 aromatic heterocycles. The fourth-order valence-corrected chi connectivity index (χ4v) is 3.01. The van der Waals surface area contributed by atoms with E-state index in [4.69, 9.17) is 0 Å². The zero-order valence-corrected chi connectivity index (χ0v) is 14.3. The van der Waals surface area contributed by atoms with Gasteiger partial charge in [0.05, 0.1) is 0 Å². The first-order chi connectivity index (χ1) is 9.15. The van der Waals surface area contributed by atoms with Gasteiger partial charge in [-0.3, -0.25) is 0 Å². The molecule has 0 aliphatic carbocycles. The molecule has 0 spiro atoms. The quantitative estimate of drug-likeness (QED) is 0.603. The number of hydrogen-bond donors (Lipinski definition) is 0. The lowest BCUT2D eigenvalue weighted by atomic mass is 10.1. The number of aryl methyl sites for hydroxylation is 1. The largest absolute Gasteiger partial charge is 0.341 e. The van der Waals surface area contributed by atoms with Crippen LogP contribution in [0.1, 0.15) is 18.1 Å². The van der Waals surface area contributed by atoms with Crippen molar-refractivity contribution in [1.82, 2.24) is 0 Å². The van der Waals surface area contributed by atoms with Crippen molar-refractivity contribution in [1.29, 1.82) is 0 Å². The minimum atomic E-state index is 0.859. The number of nitrogens with zero attached hydrogens (tertiary/aromatic N) is 1. The first-order valence-corrected chi connectivity index (χ1v) is 8.25. The molecule has 0 unspecified atom stereocenters. The Labute approximate surface area is 131 Å². The fraction of sp³-hybridized carbons (Fsp3) is 0.250. The van der Waals surface area contributed by atoms with Gasteiger partial charge in [0.15, 0.2) is 0 Å². The summed E-state index contributed by atoms with van der Waals surface area (Å²) in [4.78, 5) is 2.34. The molecule has 0 N–H and O–H groups in total. The van der Waals surface area contributed by atoms with Crippen LogP contribution in [0.15, 0.2) is 46.9 Å². The normalized spacial score (nSPS) is 10.5. The molecule has 100 valence electrons. The Morgan fingerprint density at radius 3 is 2.53 bits per heavy atom. The summed E-state index contributed by atoms with van der Waals surface area (Å²) in [7, 11) is 0. The molecule has 0 bridgehead atoms. The lowest BCUT2D eigenvalue weighted by Gasteiger charge is -2.26. The van der Waals surface area contributed by atoms with Crippen LogP contribution >= 0.6 is 31.9 Å². The van der Waals surface area contributed by atoms with Crippen LogP contribution in [0.25, 0.3) is 0 Å². The van der Waals surface area contributed by atoms with Gasteiger partial charge in [-0.05, 0) is 49.2 Å². The lowest BCUT2D eigenvalue weighted by Crippen LogP contribution is -2.17. The molecule has 0 saturated carbocycles. The molecule has 0 fully saturated rings. The van der Waals surface area contributed by atoms with E-state index in [1.165, 1.54) is 22.5 Å². The average Bonchev–Trinajstić information content (AvgIpc) is 2.40. The monoisotopic (exact) mass is 381 g/mol. The van der Waals surface area contributed by atoms with Crippen molar-refractivity contribution in [2.45, 2.75) is 19.2 Å². The summed E-state index contributed by atoms with van der Waals surface area (Å²) in [5, 5.41) is 0.859. The highest BCUT2D eigenvalue weighted by Crippen LogP contribution is 2.32. The topological polar surface area (TPSA) is 3.24 Å². The van der Waals surface area contributed by atoms with Gasteiger partial charge < -0.3 is 4.90 Å². The van der Waals surface area contributed by atoms with Crippen molar-refractivity contribution < 1.29 is 0 Å². The summed E-state index contributed by atoms with van der Waals surface area (Å²) < 4.78 is 1.11. The van der Waals surface area contributed by atoms with Crippen LogP contribution < -0.4 is 4.90 Å². The summed E-state index contributed by atoms with van der Waals surface area (Å²) in [5.41, 5.74) is 5.07. The third kappa shape index (κ3) is 3.40. The molecule has 2 aromatic carbocycles. The highest BCUT2D eigenvalue weighted by Gasteiger charge is 2.12. The summed E-state index contributed by atoms with van der Waals surface area (Å²) in [6.07, 6.45) is 0. The van der Waals surface area contributed by atoms with Gasteiger partial charge in [0.25, 0.3) is 0 Å².